The quantitative estimate of drug-likeness (QED) is 0.691. The summed E-state index contributed by atoms with van der Waals surface area (Å²) in [6.07, 6.45) is 1.94. The third-order valence-corrected chi connectivity index (χ3v) is 3.94. The molecule has 0 fully saturated rings. The Morgan fingerprint density at radius 3 is 2.16 bits per heavy atom. The molecule has 0 aliphatic rings. The summed E-state index contributed by atoms with van der Waals surface area (Å²) in [7, 11) is 0. The Hall–Kier alpha value is -2.88. The van der Waals surface area contributed by atoms with Gasteiger partial charge in [0.2, 0.25) is 11.8 Å². The highest BCUT2D eigenvalue weighted by Crippen LogP contribution is 2.18. The number of carbonyl (C=O) groups is 2. The van der Waals surface area contributed by atoms with Crippen LogP contribution in [-0.2, 0) is 16.1 Å². The predicted octanol–water partition coefficient (Wildman–Crippen LogP) is 3.64. The van der Waals surface area contributed by atoms with Gasteiger partial charge in [-0.1, -0.05) is 54.6 Å². The first kappa shape index (κ1) is 18.5. The van der Waals surface area contributed by atoms with Gasteiger partial charge < -0.3 is 9.80 Å². The van der Waals surface area contributed by atoms with Gasteiger partial charge in [-0.2, -0.15) is 0 Å². The van der Waals surface area contributed by atoms with Crippen LogP contribution in [0.15, 0.2) is 73.3 Å². The van der Waals surface area contributed by atoms with Crippen molar-refractivity contribution >= 4 is 17.5 Å². The summed E-state index contributed by atoms with van der Waals surface area (Å²) in [5.41, 5.74) is 1.92. The largest absolute Gasteiger partial charge is 0.339 e. The number of hydrogen-bond donors (Lipinski definition) is 0. The highest BCUT2D eigenvalue weighted by Gasteiger charge is 2.18. The van der Waals surface area contributed by atoms with Crippen LogP contribution in [0.25, 0.3) is 0 Å². The first-order valence-electron chi connectivity index (χ1n) is 8.37. The fourth-order valence-corrected chi connectivity index (χ4v) is 2.60. The molecule has 0 N–H and O–H groups in total. The van der Waals surface area contributed by atoms with Crippen LogP contribution in [0.4, 0.5) is 5.69 Å². The van der Waals surface area contributed by atoms with E-state index in [-0.39, 0.29) is 18.2 Å². The molecule has 0 heterocycles. The van der Waals surface area contributed by atoms with Crippen LogP contribution in [0, 0.1) is 0 Å². The van der Waals surface area contributed by atoms with Crippen LogP contribution in [0.5, 0.6) is 0 Å². The van der Waals surface area contributed by atoms with E-state index in [9.17, 15) is 9.59 Å². The van der Waals surface area contributed by atoms with Gasteiger partial charge in [0, 0.05) is 32.1 Å². The highest BCUT2D eigenvalue weighted by molar-refractivity contribution is 5.93. The van der Waals surface area contributed by atoms with Crippen LogP contribution in [0.3, 0.4) is 0 Å². The molecular formula is C21H24N2O2. The first-order valence-corrected chi connectivity index (χ1v) is 8.37. The maximum absolute atomic E-state index is 12.8. The van der Waals surface area contributed by atoms with Crippen molar-refractivity contribution in [3.63, 3.8) is 0 Å². The van der Waals surface area contributed by atoms with E-state index in [1.807, 2.05) is 60.7 Å². The molecule has 0 aromatic heterocycles. The van der Waals surface area contributed by atoms with Gasteiger partial charge in [-0.25, -0.2) is 0 Å². The minimum atomic E-state index is -0.0537. The molecule has 0 saturated heterocycles. The molecule has 0 radical (unpaired) electrons. The van der Waals surface area contributed by atoms with E-state index in [1.165, 1.54) is 6.92 Å². The predicted molar refractivity (Wildman–Crippen MR) is 101 cm³/mol. The smallest absolute Gasteiger partial charge is 0.229 e. The van der Waals surface area contributed by atoms with Gasteiger partial charge in [0.25, 0.3) is 0 Å². The van der Waals surface area contributed by atoms with Crippen molar-refractivity contribution in [2.24, 2.45) is 0 Å². The van der Waals surface area contributed by atoms with Crippen molar-refractivity contribution in [3.05, 3.63) is 78.9 Å². The number of hydrogen-bond acceptors (Lipinski definition) is 2. The second kappa shape index (κ2) is 9.42. The van der Waals surface area contributed by atoms with E-state index in [0.29, 0.717) is 19.6 Å². The van der Waals surface area contributed by atoms with E-state index in [0.717, 1.165) is 11.3 Å². The topological polar surface area (TPSA) is 40.6 Å². The fourth-order valence-electron chi connectivity index (χ4n) is 2.60. The van der Waals surface area contributed by atoms with Gasteiger partial charge in [-0.15, -0.1) is 6.58 Å². The monoisotopic (exact) mass is 336 g/mol. The summed E-state index contributed by atoms with van der Waals surface area (Å²) < 4.78 is 0. The van der Waals surface area contributed by atoms with Gasteiger partial charge in [0.1, 0.15) is 0 Å². The molecule has 0 bridgehead atoms. The third kappa shape index (κ3) is 5.60. The normalized spacial score (nSPS) is 10.1. The number of carbonyl (C=O) groups excluding carboxylic acids is 2. The van der Waals surface area contributed by atoms with Gasteiger partial charge >= 0.3 is 0 Å². The van der Waals surface area contributed by atoms with Crippen molar-refractivity contribution in [1.29, 1.82) is 0 Å². The Morgan fingerprint density at radius 2 is 1.60 bits per heavy atom. The van der Waals surface area contributed by atoms with Crippen LogP contribution < -0.4 is 4.90 Å². The highest BCUT2D eigenvalue weighted by atomic mass is 16.2. The molecule has 130 valence electrons. The van der Waals surface area contributed by atoms with Gasteiger partial charge in [0.05, 0.1) is 6.54 Å². The van der Waals surface area contributed by atoms with Crippen LogP contribution in [0.2, 0.25) is 0 Å². The average molecular weight is 336 g/mol. The summed E-state index contributed by atoms with van der Waals surface area (Å²) in [5.74, 6) is -0.0626. The van der Waals surface area contributed by atoms with E-state index in [2.05, 4.69) is 6.58 Å². The number of amides is 2. The number of para-hydroxylation sites is 1. The lowest BCUT2D eigenvalue weighted by atomic mass is 10.1. The van der Waals surface area contributed by atoms with Crippen molar-refractivity contribution < 1.29 is 9.59 Å². The third-order valence-electron chi connectivity index (χ3n) is 3.94. The van der Waals surface area contributed by atoms with Gasteiger partial charge in [-0.05, 0) is 17.7 Å². The first-order chi connectivity index (χ1) is 12.1. The lowest BCUT2D eigenvalue weighted by Crippen LogP contribution is -2.36. The molecule has 4 nitrogen and oxygen atoms in total. The van der Waals surface area contributed by atoms with Crippen molar-refractivity contribution in [3.8, 4) is 0 Å². The van der Waals surface area contributed by atoms with E-state index in [1.54, 1.807) is 15.9 Å². The molecule has 25 heavy (non-hydrogen) atoms. The maximum Gasteiger partial charge on any atom is 0.229 e. The zero-order valence-electron chi connectivity index (χ0n) is 14.6. The van der Waals surface area contributed by atoms with Crippen molar-refractivity contribution in [2.75, 3.05) is 18.0 Å². The molecule has 0 atom stereocenters. The fraction of sp³-hybridized carbons (Fsp3) is 0.238. The van der Waals surface area contributed by atoms with Crippen LogP contribution in [0.1, 0.15) is 18.9 Å². The summed E-state index contributed by atoms with van der Waals surface area (Å²) in [6, 6.07) is 19.5. The molecule has 2 aromatic rings. The number of benzene rings is 2. The molecular weight excluding hydrogens is 312 g/mol. The molecule has 2 amide bonds. The lowest BCUT2D eigenvalue weighted by molar-refractivity contribution is -0.129. The number of anilines is 1. The number of nitrogens with zero attached hydrogens (tertiary/aromatic N) is 2. The Bertz CT molecular complexity index is 698. The van der Waals surface area contributed by atoms with Crippen molar-refractivity contribution in [1.82, 2.24) is 4.90 Å². The second-order valence-corrected chi connectivity index (χ2v) is 5.80. The molecule has 2 rings (SSSR count). The Balaban J connectivity index is 2.13. The van der Waals surface area contributed by atoms with E-state index < -0.39 is 0 Å². The molecule has 2 aromatic carbocycles. The van der Waals surface area contributed by atoms with Crippen LogP contribution in [-0.4, -0.2) is 29.8 Å². The van der Waals surface area contributed by atoms with E-state index >= 15 is 0 Å². The molecule has 0 aliphatic heterocycles. The second-order valence-electron chi connectivity index (χ2n) is 5.80. The molecule has 0 saturated carbocycles. The molecule has 4 heteroatoms. The molecule has 0 aliphatic carbocycles. The summed E-state index contributed by atoms with van der Waals surface area (Å²) in [4.78, 5) is 27.9. The van der Waals surface area contributed by atoms with Crippen molar-refractivity contribution in [2.45, 2.75) is 19.9 Å². The molecule has 0 spiro atoms. The summed E-state index contributed by atoms with van der Waals surface area (Å²) >= 11 is 0. The van der Waals surface area contributed by atoms with Crippen LogP contribution >= 0.6 is 0 Å². The maximum atomic E-state index is 12.8. The zero-order chi connectivity index (χ0) is 18.1. The summed E-state index contributed by atoms with van der Waals surface area (Å²) in [6.45, 7) is 6.51. The zero-order valence-corrected chi connectivity index (χ0v) is 14.6. The Morgan fingerprint density at radius 1 is 1.00 bits per heavy atom. The number of rotatable bonds is 8. The SMILES string of the molecule is C=CCN(CCC(=O)N(Cc1ccccc1)c1ccccc1)C(C)=O. The lowest BCUT2D eigenvalue weighted by Gasteiger charge is -2.25. The minimum absolute atomic E-state index is 0.00892. The molecule has 0 unspecified atom stereocenters. The van der Waals surface area contributed by atoms with Gasteiger partial charge in [-0.3, -0.25) is 9.59 Å². The standard InChI is InChI=1S/C21H24N2O2/c1-3-15-22(18(2)24)16-14-21(25)23(20-12-8-5-9-13-20)17-19-10-6-4-7-11-19/h3-13H,1,14-17H2,2H3. The Labute approximate surface area is 149 Å². The van der Waals surface area contributed by atoms with E-state index in [4.69, 9.17) is 0 Å². The minimum Gasteiger partial charge on any atom is -0.339 e. The van der Waals surface area contributed by atoms with Gasteiger partial charge in [0.15, 0.2) is 0 Å². The average Bonchev–Trinajstić information content (AvgIpc) is 2.64. The summed E-state index contributed by atoms with van der Waals surface area (Å²) in [5, 5.41) is 0. The Kier molecular flexibility index (Phi) is 6.96.